The molecule has 5 nitrogen and oxygen atoms in total. The SMILES string of the molecule is O=C([O-])c1ccc(/C=C2\NC(=S)N(Cc3ccccc3Cl)C2=O)cc1. The lowest BCUT2D eigenvalue weighted by Crippen LogP contribution is -2.30. The zero-order valence-corrected chi connectivity index (χ0v) is 14.4. The molecule has 1 fully saturated rings. The molecule has 0 atom stereocenters. The van der Waals surface area contributed by atoms with E-state index >= 15 is 0 Å². The summed E-state index contributed by atoms with van der Waals surface area (Å²) in [6.07, 6.45) is 1.61. The maximum Gasteiger partial charge on any atom is 0.276 e. The van der Waals surface area contributed by atoms with Crippen LogP contribution in [0.3, 0.4) is 0 Å². The van der Waals surface area contributed by atoms with Crippen molar-refractivity contribution in [3.63, 3.8) is 0 Å². The highest BCUT2D eigenvalue weighted by Gasteiger charge is 2.30. The maximum atomic E-state index is 12.6. The highest BCUT2D eigenvalue weighted by molar-refractivity contribution is 7.80. The molecule has 3 rings (SSSR count). The normalized spacial score (nSPS) is 15.6. The zero-order chi connectivity index (χ0) is 18.0. The van der Waals surface area contributed by atoms with Gasteiger partial charge in [-0.25, -0.2) is 0 Å². The molecule has 1 saturated heterocycles. The Bertz CT molecular complexity index is 893. The predicted molar refractivity (Wildman–Crippen MR) is 96.5 cm³/mol. The van der Waals surface area contributed by atoms with Crippen LogP contribution in [0.25, 0.3) is 6.08 Å². The van der Waals surface area contributed by atoms with Crippen LogP contribution in [0.5, 0.6) is 0 Å². The number of carbonyl (C=O) groups excluding carboxylic acids is 2. The Morgan fingerprint density at radius 2 is 1.88 bits per heavy atom. The molecule has 126 valence electrons. The van der Waals surface area contributed by atoms with E-state index in [9.17, 15) is 14.7 Å². The van der Waals surface area contributed by atoms with E-state index in [4.69, 9.17) is 23.8 Å². The van der Waals surface area contributed by atoms with Gasteiger partial charge in [0.15, 0.2) is 5.11 Å². The summed E-state index contributed by atoms with van der Waals surface area (Å²) in [6, 6.07) is 13.3. The number of hydrogen-bond donors (Lipinski definition) is 1. The number of thiocarbonyl (C=S) groups is 1. The number of halogens is 1. The van der Waals surface area contributed by atoms with Crippen LogP contribution in [0.4, 0.5) is 0 Å². The number of carbonyl (C=O) groups is 2. The number of hydrogen-bond acceptors (Lipinski definition) is 4. The van der Waals surface area contributed by atoms with Gasteiger partial charge in [0.05, 0.1) is 12.5 Å². The number of nitrogens with zero attached hydrogens (tertiary/aromatic N) is 1. The molecule has 7 heteroatoms. The summed E-state index contributed by atoms with van der Waals surface area (Å²) in [7, 11) is 0. The van der Waals surface area contributed by atoms with Crippen molar-refractivity contribution >= 4 is 46.9 Å². The summed E-state index contributed by atoms with van der Waals surface area (Å²) in [5.74, 6) is -1.52. The lowest BCUT2D eigenvalue weighted by Gasteiger charge is -2.14. The minimum absolute atomic E-state index is 0.0729. The minimum Gasteiger partial charge on any atom is -0.545 e. The van der Waals surface area contributed by atoms with Gasteiger partial charge in [0.1, 0.15) is 5.70 Å². The van der Waals surface area contributed by atoms with Crippen molar-refractivity contribution in [1.29, 1.82) is 0 Å². The highest BCUT2D eigenvalue weighted by atomic mass is 35.5. The van der Waals surface area contributed by atoms with Crippen LogP contribution in [-0.2, 0) is 11.3 Å². The van der Waals surface area contributed by atoms with Crippen LogP contribution in [-0.4, -0.2) is 21.9 Å². The van der Waals surface area contributed by atoms with Crippen molar-refractivity contribution in [2.45, 2.75) is 6.54 Å². The first kappa shape index (κ1) is 17.1. The third-order valence-electron chi connectivity index (χ3n) is 3.71. The molecule has 2 aromatic carbocycles. The van der Waals surface area contributed by atoms with Crippen molar-refractivity contribution in [1.82, 2.24) is 10.2 Å². The molecule has 1 heterocycles. The van der Waals surface area contributed by atoms with E-state index in [-0.39, 0.29) is 18.0 Å². The van der Waals surface area contributed by atoms with E-state index in [1.807, 2.05) is 18.2 Å². The zero-order valence-electron chi connectivity index (χ0n) is 12.9. The Morgan fingerprint density at radius 3 is 2.52 bits per heavy atom. The van der Waals surface area contributed by atoms with E-state index in [1.54, 1.807) is 24.3 Å². The first-order valence-corrected chi connectivity index (χ1v) is 8.13. The van der Waals surface area contributed by atoms with Crippen molar-refractivity contribution < 1.29 is 14.7 Å². The average Bonchev–Trinajstić information content (AvgIpc) is 2.85. The molecule has 2 aromatic rings. The van der Waals surface area contributed by atoms with Crippen LogP contribution in [0, 0.1) is 0 Å². The van der Waals surface area contributed by atoms with Crippen LogP contribution in [0.2, 0.25) is 5.02 Å². The Morgan fingerprint density at radius 1 is 1.20 bits per heavy atom. The first-order valence-electron chi connectivity index (χ1n) is 7.35. The van der Waals surface area contributed by atoms with Gasteiger partial charge in [-0.15, -0.1) is 0 Å². The van der Waals surface area contributed by atoms with Crippen LogP contribution >= 0.6 is 23.8 Å². The van der Waals surface area contributed by atoms with Gasteiger partial charge in [-0.05, 0) is 41.1 Å². The van der Waals surface area contributed by atoms with Crippen LogP contribution in [0.15, 0.2) is 54.2 Å². The van der Waals surface area contributed by atoms with Crippen molar-refractivity contribution in [2.75, 3.05) is 0 Å². The Kier molecular flexibility index (Phi) is 4.83. The second kappa shape index (κ2) is 7.04. The van der Waals surface area contributed by atoms with Gasteiger partial charge in [0.2, 0.25) is 0 Å². The Hall–Kier alpha value is -2.70. The molecular weight excluding hydrogens is 360 g/mol. The van der Waals surface area contributed by atoms with Gasteiger partial charge in [-0.1, -0.05) is 54.1 Å². The summed E-state index contributed by atoms with van der Waals surface area (Å²) in [6.45, 7) is 0.269. The molecule has 0 spiro atoms. The fraction of sp³-hybridized carbons (Fsp3) is 0.0556. The van der Waals surface area contributed by atoms with Gasteiger partial charge in [0, 0.05) is 5.02 Å². The van der Waals surface area contributed by atoms with Gasteiger partial charge in [-0.3, -0.25) is 9.69 Å². The highest BCUT2D eigenvalue weighted by Crippen LogP contribution is 2.21. The van der Waals surface area contributed by atoms with E-state index < -0.39 is 5.97 Å². The number of carboxylic acid groups (broad SMARTS) is 1. The summed E-state index contributed by atoms with van der Waals surface area (Å²) in [4.78, 5) is 24.8. The van der Waals surface area contributed by atoms with Crippen LogP contribution < -0.4 is 10.4 Å². The van der Waals surface area contributed by atoms with E-state index in [1.165, 1.54) is 17.0 Å². The van der Waals surface area contributed by atoms with Crippen molar-refractivity contribution in [3.8, 4) is 0 Å². The smallest absolute Gasteiger partial charge is 0.276 e. The molecule has 0 saturated carbocycles. The molecule has 0 aliphatic carbocycles. The first-order chi connectivity index (χ1) is 12.0. The monoisotopic (exact) mass is 371 g/mol. The molecule has 0 bridgehead atoms. The van der Waals surface area contributed by atoms with Gasteiger partial charge in [0.25, 0.3) is 5.91 Å². The second-order valence-electron chi connectivity index (χ2n) is 5.38. The van der Waals surface area contributed by atoms with Crippen LogP contribution in [0.1, 0.15) is 21.5 Å². The quantitative estimate of drug-likeness (QED) is 0.657. The van der Waals surface area contributed by atoms with E-state index in [2.05, 4.69) is 5.32 Å². The lowest BCUT2D eigenvalue weighted by molar-refractivity contribution is -0.255. The molecule has 1 N–H and O–H groups in total. The fourth-order valence-electron chi connectivity index (χ4n) is 2.39. The standard InChI is InChI=1S/C18H13ClN2O3S/c19-14-4-2-1-3-13(14)10-21-16(22)15(20-18(21)25)9-11-5-7-12(8-6-11)17(23)24/h1-9H,10H2,(H,20,25)(H,23,24)/p-1/b15-9-. The fourth-order valence-corrected chi connectivity index (χ4v) is 2.85. The average molecular weight is 372 g/mol. The lowest BCUT2D eigenvalue weighted by atomic mass is 10.1. The topological polar surface area (TPSA) is 72.5 Å². The largest absolute Gasteiger partial charge is 0.545 e. The maximum absolute atomic E-state index is 12.6. The Balaban J connectivity index is 1.81. The molecule has 1 aliphatic heterocycles. The molecule has 1 amide bonds. The summed E-state index contributed by atoms with van der Waals surface area (Å²) >= 11 is 11.4. The van der Waals surface area contributed by atoms with E-state index in [0.29, 0.717) is 21.4 Å². The molecule has 1 aliphatic rings. The van der Waals surface area contributed by atoms with Gasteiger partial charge < -0.3 is 15.2 Å². The van der Waals surface area contributed by atoms with Crippen molar-refractivity contribution in [2.24, 2.45) is 0 Å². The number of aromatic carboxylic acids is 1. The van der Waals surface area contributed by atoms with Crippen molar-refractivity contribution in [3.05, 3.63) is 75.9 Å². The van der Waals surface area contributed by atoms with E-state index in [0.717, 1.165) is 5.56 Å². The summed E-state index contributed by atoms with van der Waals surface area (Å²) in [5, 5.41) is 14.5. The summed E-state index contributed by atoms with van der Waals surface area (Å²) in [5.41, 5.74) is 1.85. The second-order valence-corrected chi connectivity index (χ2v) is 6.17. The molecule has 0 radical (unpaired) electrons. The number of rotatable bonds is 4. The number of benzene rings is 2. The van der Waals surface area contributed by atoms with Gasteiger partial charge >= 0.3 is 0 Å². The molecular formula is C18H12ClN2O3S-. The predicted octanol–water partition coefficient (Wildman–Crippen LogP) is 1.96. The summed E-state index contributed by atoms with van der Waals surface area (Å²) < 4.78 is 0. The number of carboxylic acids is 1. The molecule has 0 unspecified atom stereocenters. The number of amides is 1. The molecule has 25 heavy (non-hydrogen) atoms. The molecule has 0 aromatic heterocycles. The number of nitrogens with one attached hydrogen (secondary N) is 1. The third kappa shape index (κ3) is 3.70. The van der Waals surface area contributed by atoms with Gasteiger partial charge in [-0.2, -0.15) is 0 Å². The minimum atomic E-state index is -1.25. The third-order valence-corrected chi connectivity index (χ3v) is 4.40. The Labute approximate surface area is 154 Å².